The minimum Gasteiger partial charge on any atom is -0.503 e. The topological polar surface area (TPSA) is 60.9 Å². The number of ketones is 1. The number of hydrogen-bond acceptors (Lipinski definition) is 5. The van der Waals surface area contributed by atoms with Crippen molar-refractivity contribution in [1.82, 2.24) is 9.80 Å². The van der Waals surface area contributed by atoms with Gasteiger partial charge < -0.3 is 14.9 Å². The van der Waals surface area contributed by atoms with Gasteiger partial charge >= 0.3 is 0 Å². The lowest BCUT2D eigenvalue weighted by Crippen LogP contribution is -2.37. The maximum absolute atomic E-state index is 13.1. The number of carbonyl (C=O) groups excluding carboxylic acids is 2. The third-order valence-electron chi connectivity index (χ3n) is 5.31. The molecule has 0 spiro atoms. The van der Waals surface area contributed by atoms with Gasteiger partial charge in [0.15, 0.2) is 5.76 Å². The number of halogens is 1. The van der Waals surface area contributed by atoms with Gasteiger partial charge in [-0.05, 0) is 55.1 Å². The molecule has 0 aliphatic carbocycles. The first kappa shape index (κ1) is 19.4. The van der Waals surface area contributed by atoms with Crippen LogP contribution in [0.1, 0.15) is 34.1 Å². The van der Waals surface area contributed by atoms with E-state index in [1.807, 2.05) is 29.6 Å². The molecule has 1 unspecified atom stereocenters. The van der Waals surface area contributed by atoms with Crippen molar-refractivity contribution in [2.45, 2.75) is 18.9 Å². The SMILES string of the molecule is O=C(C1=C(O)C(=O)N(CCN2CCCC2)C1c1cccc(Br)c1)c1cccs1. The number of hydrogen-bond donors (Lipinski definition) is 1. The molecule has 1 saturated heterocycles. The van der Waals surface area contributed by atoms with E-state index in [1.165, 1.54) is 24.2 Å². The van der Waals surface area contributed by atoms with Crippen LogP contribution in [0.2, 0.25) is 0 Å². The Labute approximate surface area is 176 Å². The standard InChI is InChI=1S/C21H21BrN2O3S/c22-15-6-3-5-14(13-15)18-17(19(25)16-7-4-12-28-16)20(26)21(27)24(18)11-10-23-8-1-2-9-23/h3-7,12-13,18,26H,1-2,8-11H2. The van der Waals surface area contributed by atoms with Crippen LogP contribution >= 0.6 is 27.3 Å². The summed E-state index contributed by atoms with van der Waals surface area (Å²) in [7, 11) is 0. The number of rotatable bonds is 6. The minimum atomic E-state index is -0.581. The molecule has 5 nitrogen and oxygen atoms in total. The Morgan fingerprint density at radius 1 is 1.18 bits per heavy atom. The van der Waals surface area contributed by atoms with E-state index in [-0.39, 0.29) is 11.4 Å². The van der Waals surface area contributed by atoms with Crippen molar-refractivity contribution in [1.29, 1.82) is 0 Å². The molecule has 0 bridgehead atoms. The van der Waals surface area contributed by atoms with Gasteiger partial charge in [0.2, 0.25) is 5.78 Å². The smallest absolute Gasteiger partial charge is 0.290 e. The maximum Gasteiger partial charge on any atom is 0.290 e. The van der Waals surface area contributed by atoms with Gasteiger partial charge in [0.1, 0.15) is 0 Å². The van der Waals surface area contributed by atoms with Crippen molar-refractivity contribution in [2.75, 3.05) is 26.2 Å². The number of likely N-dealkylation sites (tertiary alicyclic amines) is 1. The number of thiophene rings is 1. The Morgan fingerprint density at radius 3 is 2.64 bits per heavy atom. The van der Waals surface area contributed by atoms with Gasteiger partial charge in [0, 0.05) is 17.6 Å². The van der Waals surface area contributed by atoms with Gasteiger partial charge in [0.05, 0.1) is 16.5 Å². The fourth-order valence-electron chi connectivity index (χ4n) is 3.94. The number of aliphatic hydroxyl groups is 1. The highest BCUT2D eigenvalue weighted by molar-refractivity contribution is 9.10. The number of carbonyl (C=O) groups is 2. The van der Waals surface area contributed by atoms with E-state index >= 15 is 0 Å². The van der Waals surface area contributed by atoms with E-state index in [0.29, 0.717) is 11.4 Å². The molecule has 0 radical (unpaired) electrons. The van der Waals surface area contributed by atoms with E-state index < -0.39 is 17.7 Å². The highest BCUT2D eigenvalue weighted by Gasteiger charge is 2.44. The van der Waals surface area contributed by atoms with E-state index in [9.17, 15) is 14.7 Å². The lowest BCUT2D eigenvalue weighted by atomic mass is 9.95. The quantitative estimate of drug-likeness (QED) is 0.656. The van der Waals surface area contributed by atoms with Gasteiger partial charge in [0.25, 0.3) is 5.91 Å². The second-order valence-corrected chi connectivity index (χ2v) is 8.94. The molecular weight excluding hydrogens is 440 g/mol. The van der Waals surface area contributed by atoms with Crippen LogP contribution in [-0.4, -0.2) is 52.8 Å². The first-order valence-electron chi connectivity index (χ1n) is 9.36. The molecule has 1 aromatic carbocycles. The Hall–Kier alpha value is -1.96. The Bertz CT molecular complexity index is 919. The summed E-state index contributed by atoms with van der Waals surface area (Å²) >= 11 is 4.79. The number of benzene rings is 1. The molecule has 1 amide bonds. The van der Waals surface area contributed by atoms with E-state index in [4.69, 9.17) is 0 Å². The molecule has 2 aromatic rings. The summed E-state index contributed by atoms with van der Waals surface area (Å²) in [5.74, 6) is -1.18. The number of aliphatic hydroxyl groups excluding tert-OH is 1. The minimum absolute atomic E-state index is 0.173. The first-order valence-corrected chi connectivity index (χ1v) is 11.0. The molecule has 4 rings (SSSR count). The molecule has 1 fully saturated rings. The largest absolute Gasteiger partial charge is 0.503 e. The molecule has 1 aromatic heterocycles. The third kappa shape index (κ3) is 3.66. The molecule has 1 atom stereocenters. The summed E-state index contributed by atoms with van der Waals surface area (Å²) in [5, 5.41) is 12.5. The van der Waals surface area contributed by atoms with E-state index in [2.05, 4.69) is 20.8 Å². The fraction of sp³-hybridized carbons (Fsp3) is 0.333. The van der Waals surface area contributed by atoms with Crippen LogP contribution in [0.3, 0.4) is 0 Å². The van der Waals surface area contributed by atoms with Gasteiger partial charge in [-0.15, -0.1) is 11.3 Å². The van der Waals surface area contributed by atoms with Gasteiger partial charge in [-0.3, -0.25) is 9.59 Å². The molecule has 28 heavy (non-hydrogen) atoms. The predicted molar refractivity (Wildman–Crippen MR) is 113 cm³/mol. The molecule has 146 valence electrons. The van der Waals surface area contributed by atoms with Crippen LogP contribution in [0.25, 0.3) is 0 Å². The van der Waals surface area contributed by atoms with Crippen LogP contribution in [-0.2, 0) is 4.79 Å². The van der Waals surface area contributed by atoms with Gasteiger partial charge in [-0.1, -0.05) is 34.1 Å². The molecule has 0 saturated carbocycles. The summed E-state index contributed by atoms with van der Waals surface area (Å²) in [5.41, 5.74) is 0.986. The number of amides is 1. The number of Topliss-reactive ketones (excluding diaryl/α,β-unsaturated/α-hetero) is 1. The van der Waals surface area contributed by atoms with Crippen molar-refractivity contribution < 1.29 is 14.7 Å². The number of nitrogens with zero attached hydrogens (tertiary/aromatic N) is 2. The lowest BCUT2D eigenvalue weighted by Gasteiger charge is -2.28. The second-order valence-electron chi connectivity index (χ2n) is 7.07. The predicted octanol–water partition coefficient (Wildman–Crippen LogP) is 4.18. The molecule has 7 heteroatoms. The molecule has 3 heterocycles. The average Bonchev–Trinajstić information content (AvgIpc) is 3.43. The fourth-order valence-corrected chi connectivity index (χ4v) is 5.03. The summed E-state index contributed by atoms with van der Waals surface area (Å²) in [6.07, 6.45) is 2.35. The van der Waals surface area contributed by atoms with Crippen molar-refractivity contribution in [3.63, 3.8) is 0 Å². The normalized spacial score (nSPS) is 20.4. The highest BCUT2D eigenvalue weighted by atomic mass is 79.9. The van der Waals surface area contributed by atoms with Crippen LogP contribution in [0.15, 0.2) is 57.6 Å². The van der Waals surface area contributed by atoms with Crippen LogP contribution in [0.5, 0.6) is 0 Å². The van der Waals surface area contributed by atoms with Crippen molar-refractivity contribution in [2.24, 2.45) is 0 Å². The summed E-state index contributed by atoms with van der Waals surface area (Å²) < 4.78 is 0.867. The Balaban J connectivity index is 1.70. The zero-order valence-electron chi connectivity index (χ0n) is 15.3. The maximum atomic E-state index is 13.1. The van der Waals surface area contributed by atoms with Crippen LogP contribution < -0.4 is 0 Å². The Kier molecular flexibility index (Phi) is 5.66. The van der Waals surface area contributed by atoms with Crippen molar-refractivity contribution in [3.8, 4) is 0 Å². The average molecular weight is 461 g/mol. The van der Waals surface area contributed by atoms with Gasteiger partial charge in [-0.25, -0.2) is 0 Å². The van der Waals surface area contributed by atoms with Gasteiger partial charge in [-0.2, -0.15) is 0 Å². The second kappa shape index (κ2) is 8.19. The molecular formula is C21H21BrN2O3S. The summed E-state index contributed by atoms with van der Waals surface area (Å²) in [4.78, 5) is 30.5. The lowest BCUT2D eigenvalue weighted by molar-refractivity contribution is -0.129. The first-order chi connectivity index (χ1) is 13.6. The monoisotopic (exact) mass is 460 g/mol. The molecule has 2 aliphatic rings. The van der Waals surface area contributed by atoms with Crippen molar-refractivity contribution >= 4 is 39.0 Å². The van der Waals surface area contributed by atoms with Crippen molar-refractivity contribution in [3.05, 3.63) is 68.0 Å². The molecule has 2 aliphatic heterocycles. The van der Waals surface area contributed by atoms with Crippen LogP contribution in [0, 0.1) is 0 Å². The summed E-state index contributed by atoms with van der Waals surface area (Å²) in [6, 6.07) is 10.5. The van der Waals surface area contributed by atoms with Crippen LogP contribution in [0.4, 0.5) is 0 Å². The Morgan fingerprint density at radius 2 is 1.96 bits per heavy atom. The third-order valence-corrected chi connectivity index (χ3v) is 6.68. The summed E-state index contributed by atoms with van der Waals surface area (Å²) in [6.45, 7) is 3.28. The van der Waals surface area contributed by atoms with E-state index in [0.717, 1.165) is 29.7 Å². The zero-order chi connectivity index (χ0) is 19.7. The highest BCUT2D eigenvalue weighted by Crippen LogP contribution is 2.40. The van der Waals surface area contributed by atoms with E-state index in [1.54, 1.807) is 17.0 Å². The zero-order valence-corrected chi connectivity index (χ0v) is 17.7. The molecule has 1 N–H and O–H groups in total.